The first-order valence-corrected chi connectivity index (χ1v) is 12.2. The number of benzene rings is 5. The van der Waals surface area contributed by atoms with Crippen molar-refractivity contribution in [3.05, 3.63) is 108 Å². The van der Waals surface area contributed by atoms with E-state index in [2.05, 4.69) is 96.0 Å². The normalized spacial score (nSPS) is 18.0. The summed E-state index contributed by atoms with van der Waals surface area (Å²) < 4.78 is 0. The third kappa shape index (κ3) is 2.92. The molecule has 5 aromatic carbocycles. The van der Waals surface area contributed by atoms with Crippen molar-refractivity contribution < 1.29 is 4.79 Å². The minimum absolute atomic E-state index is 0.00349. The van der Waals surface area contributed by atoms with E-state index in [9.17, 15) is 4.79 Å². The maximum absolute atomic E-state index is 11.9. The molecule has 7 rings (SSSR count). The molecule has 2 nitrogen and oxygen atoms in total. The molecule has 2 heteroatoms. The molecule has 1 aliphatic rings. The number of H-pyrrole nitrogens is 1. The van der Waals surface area contributed by atoms with E-state index in [0.29, 0.717) is 5.92 Å². The first-order chi connectivity index (χ1) is 16.8. The molecule has 1 heterocycles. The number of rotatable bonds is 3. The van der Waals surface area contributed by atoms with Crippen LogP contribution in [0.3, 0.4) is 0 Å². The smallest absolute Gasteiger partial charge is 0.127 e. The highest BCUT2D eigenvalue weighted by molar-refractivity contribution is 6.17. The topological polar surface area (TPSA) is 32.9 Å². The van der Waals surface area contributed by atoms with E-state index in [1.54, 1.807) is 0 Å². The molecule has 0 bridgehead atoms. The van der Waals surface area contributed by atoms with Gasteiger partial charge in [-0.2, -0.15) is 0 Å². The highest BCUT2D eigenvalue weighted by Crippen LogP contribution is 2.43. The maximum Gasteiger partial charge on any atom is 0.127 e. The Labute approximate surface area is 198 Å². The molecule has 2 atom stereocenters. The Morgan fingerprint density at radius 1 is 0.706 bits per heavy atom. The van der Waals surface area contributed by atoms with E-state index in [1.807, 2.05) is 0 Å². The molecule has 0 radical (unpaired) electrons. The molecule has 0 saturated carbocycles. The third-order valence-corrected chi connectivity index (χ3v) is 7.84. The second kappa shape index (κ2) is 7.56. The molecule has 34 heavy (non-hydrogen) atoms. The summed E-state index contributed by atoms with van der Waals surface area (Å²) in [6.07, 6.45) is 4.07. The second-order valence-electron chi connectivity index (χ2n) is 9.72. The minimum atomic E-state index is -0.00349. The fourth-order valence-electron chi connectivity index (χ4n) is 6.19. The summed E-state index contributed by atoms with van der Waals surface area (Å²) >= 11 is 0. The van der Waals surface area contributed by atoms with E-state index in [1.165, 1.54) is 54.5 Å². The van der Waals surface area contributed by atoms with Crippen LogP contribution >= 0.6 is 0 Å². The number of carbonyl (C=O) groups excluding carboxylic acids is 1. The molecule has 0 fully saturated rings. The summed E-state index contributed by atoms with van der Waals surface area (Å²) in [5.74, 6) is 0.392. The minimum Gasteiger partial charge on any atom is -0.358 e. The van der Waals surface area contributed by atoms with Crippen LogP contribution in [-0.2, 0) is 11.2 Å². The van der Waals surface area contributed by atoms with Crippen molar-refractivity contribution in [1.82, 2.24) is 4.98 Å². The molecule has 1 N–H and O–H groups in total. The highest BCUT2D eigenvalue weighted by atomic mass is 16.1. The van der Waals surface area contributed by atoms with E-state index >= 15 is 0 Å². The fourth-order valence-corrected chi connectivity index (χ4v) is 6.19. The standard InChI is InChI=1S/C32H25NO/c34-19-24-12-11-23(32-31(24)28-7-3-4-8-30(28)33-32)17-20-9-10-22-14-15-26-25-6-2-1-5-21(25)13-16-27(26)29(22)18-20/h1-10,13-16,18-19,23-24,33H,11-12,17H2. The van der Waals surface area contributed by atoms with E-state index < -0.39 is 0 Å². The number of aldehydes is 1. The van der Waals surface area contributed by atoms with Gasteiger partial charge >= 0.3 is 0 Å². The van der Waals surface area contributed by atoms with Gasteiger partial charge in [-0.25, -0.2) is 0 Å². The highest BCUT2D eigenvalue weighted by Gasteiger charge is 2.30. The van der Waals surface area contributed by atoms with E-state index in [4.69, 9.17) is 0 Å². The second-order valence-corrected chi connectivity index (χ2v) is 9.72. The van der Waals surface area contributed by atoms with Gasteiger partial charge in [0.2, 0.25) is 0 Å². The molecular formula is C32H25NO. The Hall–Kier alpha value is -3.91. The number of para-hydroxylation sites is 1. The van der Waals surface area contributed by atoms with Crippen molar-refractivity contribution in [2.45, 2.75) is 31.1 Å². The van der Waals surface area contributed by atoms with Crippen molar-refractivity contribution >= 4 is 49.5 Å². The lowest BCUT2D eigenvalue weighted by molar-refractivity contribution is -0.109. The Morgan fingerprint density at radius 2 is 1.41 bits per heavy atom. The lowest BCUT2D eigenvalue weighted by atomic mass is 9.77. The van der Waals surface area contributed by atoms with Crippen molar-refractivity contribution in [2.24, 2.45) is 0 Å². The van der Waals surface area contributed by atoms with Crippen molar-refractivity contribution in [3.63, 3.8) is 0 Å². The number of hydrogen-bond acceptors (Lipinski definition) is 1. The van der Waals surface area contributed by atoms with Gasteiger partial charge in [0.25, 0.3) is 0 Å². The Balaban J connectivity index is 1.34. The average molecular weight is 440 g/mol. The van der Waals surface area contributed by atoms with Gasteiger partial charge in [0.05, 0.1) is 0 Å². The first-order valence-electron chi connectivity index (χ1n) is 12.2. The molecule has 164 valence electrons. The Bertz CT molecular complexity index is 1720. The third-order valence-electron chi connectivity index (χ3n) is 7.84. The molecule has 6 aromatic rings. The number of nitrogens with one attached hydrogen (secondary N) is 1. The van der Waals surface area contributed by atoms with Crippen LogP contribution < -0.4 is 0 Å². The van der Waals surface area contributed by atoms with Crippen LogP contribution in [0.2, 0.25) is 0 Å². The average Bonchev–Trinajstić information content (AvgIpc) is 3.29. The monoisotopic (exact) mass is 439 g/mol. The lowest BCUT2D eigenvalue weighted by Crippen LogP contribution is -2.16. The summed E-state index contributed by atoms with van der Waals surface area (Å²) in [4.78, 5) is 15.6. The van der Waals surface area contributed by atoms with Crippen molar-refractivity contribution in [2.75, 3.05) is 0 Å². The molecule has 1 aromatic heterocycles. The van der Waals surface area contributed by atoms with Gasteiger partial charge in [0.15, 0.2) is 0 Å². The Kier molecular flexibility index (Phi) is 4.35. The molecule has 0 spiro atoms. The number of aromatic nitrogens is 1. The van der Waals surface area contributed by atoms with Gasteiger partial charge in [0, 0.05) is 28.4 Å². The van der Waals surface area contributed by atoms with Gasteiger partial charge < -0.3 is 9.78 Å². The summed E-state index contributed by atoms with van der Waals surface area (Å²) in [6, 6.07) is 33.0. The molecule has 0 saturated heterocycles. The Morgan fingerprint density at radius 3 is 2.26 bits per heavy atom. The van der Waals surface area contributed by atoms with Crippen molar-refractivity contribution in [1.29, 1.82) is 0 Å². The number of carbonyl (C=O) groups is 1. The van der Waals surface area contributed by atoms with Crippen LogP contribution in [0.15, 0.2) is 91.0 Å². The molecule has 0 aliphatic heterocycles. The summed E-state index contributed by atoms with van der Waals surface area (Å²) in [5, 5.41) is 9.02. The zero-order chi connectivity index (χ0) is 22.6. The largest absolute Gasteiger partial charge is 0.358 e. The SMILES string of the molecule is O=CC1CCC(Cc2ccc3ccc4c5ccccc5ccc4c3c2)c2[nH]c3ccccc3c21. The van der Waals surface area contributed by atoms with Gasteiger partial charge in [-0.1, -0.05) is 84.9 Å². The molecule has 1 aliphatic carbocycles. The maximum atomic E-state index is 11.9. The van der Waals surface area contributed by atoms with Crippen LogP contribution in [-0.4, -0.2) is 11.3 Å². The van der Waals surface area contributed by atoms with E-state index in [-0.39, 0.29) is 5.92 Å². The number of fused-ring (bicyclic) bond motifs is 8. The molecule has 2 unspecified atom stereocenters. The van der Waals surface area contributed by atoms with Crippen LogP contribution in [0.4, 0.5) is 0 Å². The van der Waals surface area contributed by atoms with Gasteiger partial charge in [-0.05, 0) is 68.8 Å². The number of hydrogen-bond donors (Lipinski definition) is 1. The lowest BCUT2D eigenvalue weighted by Gasteiger charge is -2.26. The quantitative estimate of drug-likeness (QED) is 0.220. The summed E-state index contributed by atoms with van der Waals surface area (Å²) in [5.41, 5.74) is 4.98. The van der Waals surface area contributed by atoms with Crippen LogP contribution in [0, 0.1) is 0 Å². The fraction of sp³-hybridized carbons (Fsp3) is 0.156. The summed E-state index contributed by atoms with van der Waals surface area (Å²) in [7, 11) is 0. The van der Waals surface area contributed by atoms with Crippen LogP contribution in [0.1, 0.15) is 41.5 Å². The van der Waals surface area contributed by atoms with E-state index in [0.717, 1.165) is 31.1 Å². The van der Waals surface area contributed by atoms with Crippen LogP contribution in [0.5, 0.6) is 0 Å². The van der Waals surface area contributed by atoms with Gasteiger partial charge in [-0.3, -0.25) is 0 Å². The van der Waals surface area contributed by atoms with Crippen LogP contribution in [0.25, 0.3) is 43.2 Å². The zero-order valence-electron chi connectivity index (χ0n) is 18.9. The molecular weight excluding hydrogens is 414 g/mol. The number of aromatic amines is 1. The van der Waals surface area contributed by atoms with Gasteiger partial charge in [-0.15, -0.1) is 0 Å². The predicted molar refractivity (Wildman–Crippen MR) is 142 cm³/mol. The predicted octanol–water partition coefficient (Wildman–Crippen LogP) is 8.03. The van der Waals surface area contributed by atoms with Crippen molar-refractivity contribution in [3.8, 4) is 0 Å². The van der Waals surface area contributed by atoms with Gasteiger partial charge in [0.1, 0.15) is 6.29 Å². The zero-order valence-corrected chi connectivity index (χ0v) is 18.9. The molecule has 0 amide bonds. The summed E-state index contributed by atoms with van der Waals surface area (Å²) in [6.45, 7) is 0. The first kappa shape index (κ1) is 19.5.